The average molecular weight is 352 g/mol. The van der Waals surface area contributed by atoms with Crippen LogP contribution >= 0.6 is 0 Å². The normalized spacial score (nSPS) is 15.7. The SMILES string of the molecule is CN(Cc1cncnc1)C1CN(c2ccc3nnc(C(C)(C)C)n3n2)C1. The largest absolute Gasteiger partial charge is 0.352 e. The Hall–Kier alpha value is -2.61. The van der Waals surface area contributed by atoms with Crippen LogP contribution in [-0.4, -0.2) is 60.9 Å². The Morgan fingerprint density at radius 3 is 2.54 bits per heavy atom. The topological polar surface area (TPSA) is 75.3 Å². The second kappa shape index (κ2) is 6.28. The first-order valence-corrected chi connectivity index (χ1v) is 8.84. The fourth-order valence-corrected chi connectivity index (χ4v) is 3.17. The Labute approximate surface area is 152 Å². The Morgan fingerprint density at radius 2 is 1.85 bits per heavy atom. The van der Waals surface area contributed by atoms with Gasteiger partial charge >= 0.3 is 0 Å². The molecule has 8 heteroatoms. The third kappa shape index (κ3) is 3.12. The molecule has 1 aliphatic heterocycles. The van der Waals surface area contributed by atoms with Crippen molar-refractivity contribution in [3.63, 3.8) is 0 Å². The van der Waals surface area contributed by atoms with Crippen molar-refractivity contribution >= 4 is 11.5 Å². The zero-order valence-corrected chi connectivity index (χ0v) is 15.7. The Morgan fingerprint density at radius 1 is 1.12 bits per heavy atom. The van der Waals surface area contributed by atoms with E-state index in [1.54, 1.807) is 6.33 Å². The van der Waals surface area contributed by atoms with E-state index in [1.165, 1.54) is 0 Å². The highest BCUT2D eigenvalue weighted by Gasteiger charge is 2.31. The molecule has 4 rings (SSSR count). The van der Waals surface area contributed by atoms with Crippen LogP contribution in [0.1, 0.15) is 32.2 Å². The number of nitrogens with zero attached hydrogens (tertiary/aromatic N) is 8. The van der Waals surface area contributed by atoms with Crippen LogP contribution in [0.3, 0.4) is 0 Å². The standard InChI is InChI=1S/C18H24N8/c1-18(2,3)17-22-21-15-5-6-16(23-26(15)17)25-10-14(11-25)24(4)9-13-7-19-12-20-8-13/h5-8,12,14H,9-11H2,1-4H3. The molecule has 3 aromatic heterocycles. The molecular formula is C18H24N8. The fraction of sp³-hybridized carbons (Fsp3) is 0.500. The van der Waals surface area contributed by atoms with E-state index < -0.39 is 0 Å². The van der Waals surface area contributed by atoms with Gasteiger partial charge in [0.15, 0.2) is 11.5 Å². The van der Waals surface area contributed by atoms with E-state index in [0.29, 0.717) is 6.04 Å². The molecule has 0 saturated carbocycles. The third-order valence-electron chi connectivity index (χ3n) is 4.78. The first kappa shape index (κ1) is 16.8. The summed E-state index contributed by atoms with van der Waals surface area (Å²) in [5.41, 5.74) is 1.82. The van der Waals surface area contributed by atoms with Gasteiger partial charge in [-0.3, -0.25) is 4.90 Å². The van der Waals surface area contributed by atoms with E-state index in [0.717, 1.165) is 42.5 Å². The number of hydrogen-bond donors (Lipinski definition) is 0. The number of hydrogen-bond acceptors (Lipinski definition) is 7. The molecule has 1 fully saturated rings. The number of rotatable bonds is 4. The average Bonchev–Trinajstić information content (AvgIpc) is 2.98. The van der Waals surface area contributed by atoms with Gasteiger partial charge in [0, 0.05) is 49.0 Å². The second-order valence-corrected chi connectivity index (χ2v) is 7.96. The number of aromatic nitrogens is 6. The van der Waals surface area contributed by atoms with Crippen LogP contribution in [0.4, 0.5) is 5.82 Å². The van der Waals surface area contributed by atoms with Gasteiger partial charge in [-0.05, 0) is 19.2 Å². The lowest BCUT2D eigenvalue weighted by Crippen LogP contribution is -2.58. The molecule has 0 amide bonds. The molecule has 0 N–H and O–H groups in total. The van der Waals surface area contributed by atoms with Crippen molar-refractivity contribution in [2.24, 2.45) is 0 Å². The number of likely N-dealkylation sites (N-methyl/N-ethyl adjacent to an activating group) is 1. The van der Waals surface area contributed by atoms with Crippen LogP contribution in [-0.2, 0) is 12.0 Å². The van der Waals surface area contributed by atoms with Gasteiger partial charge < -0.3 is 4.90 Å². The highest BCUT2D eigenvalue weighted by atomic mass is 15.4. The van der Waals surface area contributed by atoms with E-state index >= 15 is 0 Å². The first-order valence-electron chi connectivity index (χ1n) is 8.84. The van der Waals surface area contributed by atoms with Crippen molar-refractivity contribution in [1.82, 2.24) is 34.7 Å². The summed E-state index contributed by atoms with van der Waals surface area (Å²) in [6.07, 6.45) is 5.30. The summed E-state index contributed by atoms with van der Waals surface area (Å²) >= 11 is 0. The van der Waals surface area contributed by atoms with Gasteiger partial charge in [-0.1, -0.05) is 20.8 Å². The lowest BCUT2D eigenvalue weighted by Gasteiger charge is -2.44. The molecule has 1 saturated heterocycles. The van der Waals surface area contributed by atoms with Crippen LogP contribution in [0, 0.1) is 0 Å². The van der Waals surface area contributed by atoms with Gasteiger partial charge in [-0.25, -0.2) is 9.97 Å². The van der Waals surface area contributed by atoms with Gasteiger partial charge in [0.1, 0.15) is 12.1 Å². The minimum absolute atomic E-state index is 0.0967. The molecule has 1 aliphatic rings. The molecule has 26 heavy (non-hydrogen) atoms. The van der Waals surface area contributed by atoms with E-state index in [-0.39, 0.29) is 5.41 Å². The Bertz CT molecular complexity index is 892. The predicted molar refractivity (Wildman–Crippen MR) is 99.0 cm³/mol. The highest BCUT2D eigenvalue weighted by Crippen LogP contribution is 2.25. The van der Waals surface area contributed by atoms with Crippen molar-refractivity contribution < 1.29 is 0 Å². The summed E-state index contributed by atoms with van der Waals surface area (Å²) in [6, 6.07) is 4.51. The molecule has 3 aromatic rings. The molecule has 8 nitrogen and oxygen atoms in total. The quantitative estimate of drug-likeness (QED) is 0.705. The van der Waals surface area contributed by atoms with Gasteiger partial charge in [0.05, 0.1) is 0 Å². The minimum atomic E-state index is -0.0967. The second-order valence-electron chi connectivity index (χ2n) is 7.96. The maximum atomic E-state index is 4.78. The van der Waals surface area contributed by atoms with E-state index in [1.807, 2.05) is 29.0 Å². The van der Waals surface area contributed by atoms with E-state index in [9.17, 15) is 0 Å². The van der Waals surface area contributed by atoms with Crippen molar-refractivity contribution in [2.75, 3.05) is 25.0 Å². The predicted octanol–water partition coefficient (Wildman–Crippen LogP) is 1.53. The minimum Gasteiger partial charge on any atom is -0.352 e. The van der Waals surface area contributed by atoms with Crippen molar-refractivity contribution in [2.45, 2.75) is 38.8 Å². The molecule has 0 spiro atoms. The first-order chi connectivity index (χ1) is 12.4. The molecular weight excluding hydrogens is 328 g/mol. The van der Waals surface area contributed by atoms with Crippen molar-refractivity contribution in [3.05, 3.63) is 42.2 Å². The van der Waals surface area contributed by atoms with Crippen LogP contribution in [0.25, 0.3) is 5.65 Å². The molecule has 0 bridgehead atoms. The van der Waals surface area contributed by atoms with Crippen LogP contribution in [0.5, 0.6) is 0 Å². The van der Waals surface area contributed by atoms with Gasteiger partial charge in [-0.15, -0.1) is 15.3 Å². The van der Waals surface area contributed by atoms with Gasteiger partial charge in [0.2, 0.25) is 0 Å². The summed E-state index contributed by atoms with van der Waals surface area (Å²) in [6.45, 7) is 9.13. The zero-order chi connectivity index (χ0) is 18.3. The monoisotopic (exact) mass is 352 g/mol. The summed E-state index contributed by atoms with van der Waals surface area (Å²) in [5.74, 6) is 1.85. The summed E-state index contributed by atoms with van der Waals surface area (Å²) in [4.78, 5) is 12.8. The Balaban J connectivity index is 1.45. The van der Waals surface area contributed by atoms with Crippen LogP contribution < -0.4 is 4.90 Å². The van der Waals surface area contributed by atoms with Crippen molar-refractivity contribution in [1.29, 1.82) is 0 Å². The molecule has 0 unspecified atom stereocenters. The summed E-state index contributed by atoms with van der Waals surface area (Å²) in [7, 11) is 2.14. The van der Waals surface area contributed by atoms with Crippen LogP contribution in [0.15, 0.2) is 30.9 Å². The third-order valence-corrected chi connectivity index (χ3v) is 4.78. The van der Waals surface area contributed by atoms with E-state index in [4.69, 9.17) is 5.10 Å². The maximum absolute atomic E-state index is 4.78. The maximum Gasteiger partial charge on any atom is 0.178 e. The zero-order valence-electron chi connectivity index (χ0n) is 15.7. The molecule has 0 aromatic carbocycles. The Kier molecular flexibility index (Phi) is 4.07. The van der Waals surface area contributed by atoms with E-state index in [2.05, 4.69) is 57.8 Å². The summed E-state index contributed by atoms with van der Waals surface area (Å²) < 4.78 is 1.87. The molecule has 136 valence electrons. The molecule has 4 heterocycles. The van der Waals surface area contributed by atoms with Crippen molar-refractivity contribution in [3.8, 4) is 0 Å². The number of anilines is 1. The highest BCUT2D eigenvalue weighted by molar-refractivity contribution is 5.48. The lowest BCUT2D eigenvalue weighted by atomic mass is 9.96. The lowest BCUT2D eigenvalue weighted by molar-refractivity contribution is 0.196. The number of fused-ring (bicyclic) bond motifs is 1. The van der Waals surface area contributed by atoms with Gasteiger partial charge in [-0.2, -0.15) is 4.52 Å². The molecule has 0 atom stereocenters. The smallest absolute Gasteiger partial charge is 0.178 e. The fourth-order valence-electron chi connectivity index (χ4n) is 3.17. The summed E-state index contributed by atoms with van der Waals surface area (Å²) in [5, 5.41) is 13.3. The molecule has 0 aliphatic carbocycles. The van der Waals surface area contributed by atoms with Gasteiger partial charge in [0.25, 0.3) is 0 Å². The van der Waals surface area contributed by atoms with Crippen LogP contribution in [0.2, 0.25) is 0 Å². The molecule has 0 radical (unpaired) electrons.